The summed E-state index contributed by atoms with van der Waals surface area (Å²) in [5.74, 6) is 1.69. The Bertz CT molecular complexity index is 386. The van der Waals surface area contributed by atoms with Gasteiger partial charge in [0.05, 0.1) is 7.11 Å². The number of methoxy groups -OCH3 is 1. The first kappa shape index (κ1) is 14.6. The number of nitrogens with one attached hydrogen (secondary N) is 1. The highest BCUT2D eigenvalue weighted by molar-refractivity contribution is 5.40. The molecule has 3 heteroatoms. The molecule has 1 rings (SSSR count). The Morgan fingerprint density at radius 2 is 2.11 bits per heavy atom. The van der Waals surface area contributed by atoms with Gasteiger partial charge in [0.2, 0.25) is 0 Å². The Kier molecular flexibility index (Phi) is 6.29. The van der Waals surface area contributed by atoms with Gasteiger partial charge in [-0.15, -0.1) is 0 Å². The van der Waals surface area contributed by atoms with Crippen molar-refractivity contribution in [3.8, 4) is 11.5 Å². The van der Waals surface area contributed by atoms with Gasteiger partial charge in [-0.05, 0) is 13.0 Å². The van der Waals surface area contributed by atoms with Crippen LogP contribution in [0.1, 0.15) is 26.3 Å². The van der Waals surface area contributed by atoms with E-state index in [4.69, 9.17) is 9.47 Å². The van der Waals surface area contributed by atoms with Gasteiger partial charge >= 0.3 is 0 Å². The fraction of sp³-hybridized carbons (Fsp3) is 0.467. The van der Waals surface area contributed by atoms with Crippen LogP contribution >= 0.6 is 0 Å². The zero-order chi connectivity index (χ0) is 13.4. The van der Waals surface area contributed by atoms with Crippen molar-refractivity contribution in [2.24, 2.45) is 0 Å². The molecule has 0 aliphatic carbocycles. The van der Waals surface area contributed by atoms with E-state index < -0.39 is 0 Å². The maximum Gasteiger partial charge on any atom is 0.127 e. The number of allylic oxidation sites excluding steroid dienone is 1. The molecular formula is C15H23NO2. The van der Waals surface area contributed by atoms with Gasteiger partial charge in [-0.3, -0.25) is 0 Å². The Labute approximate surface area is 110 Å². The lowest BCUT2D eigenvalue weighted by Crippen LogP contribution is -2.22. The Morgan fingerprint density at radius 3 is 2.72 bits per heavy atom. The number of hydrogen-bond donors (Lipinski definition) is 1. The summed E-state index contributed by atoms with van der Waals surface area (Å²) >= 11 is 0. The van der Waals surface area contributed by atoms with Crippen molar-refractivity contribution in [2.45, 2.75) is 33.4 Å². The average Bonchev–Trinajstić information content (AvgIpc) is 2.37. The van der Waals surface area contributed by atoms with E-state index in [2.05, 4.69) is 19.2 Å². The highest BCUT2D eigenvalue weighted by atomic mass is 16.5. The maximum atomic E-state index is 5.75. The molecule has 0 bridgehead atoms. The minimum Gasteiger partial charge on any atom is -0.497 e. The van der Waals surface area contributed by atoms with Crippen LogP contribution in [0.15, 0.2) is 30.4 Å². The summed E-state index contributed by atoms with van der Waals surface area (Å²) in [6.45, 7) is 7.62. The standard InChI is InChI=1S/C15H23NO2/c1-5-6-9-18-15-10-14(17-4)8-7-13(15)11-16-12(2)3/h5-8,10,12,16H,9,11H2,1-4H3. The molecule has 0 spiro atoms. The molecule has 1 N–H and O–H groups in total. The molecule has 0 saturated carbocycles. The van der Waals surface area contributed by atoms with E-state index in [9.17, 15) is 0 Å². The monoisotopic (exact) mass is 249 g/mol. The van der Waals surface area contributed by atoms with Crippen LogP contribution in [0.3, 0.4) is 0 Å². The summed E-state index contributed by atoms with van der Waals surface area (Å²) in [5, 5.41) is 3.39. The molecular weight excluding hydrogens is 226 g/mol. The summed E-state index contributed by atoms with van der Waals surface area (Å²) in [7, 11) is 1.66. The molecule has 0 aromatic heterocycles. The van der Waals surface area contributed by atoms with Gasteiger partial charge < -0.3 is 14.8 Å². The molecule has 0 unspecified atom stereocenters. The lowest BCUT2D eigenvalue weighted by molar-refractivity contribution is 0.351. The van der Waals surface area contributed by atoms with E-state index in [0.717, 1.165) is 23.6 Å². The van der Waals surface area contributed by atoms with Crippen molar-refractivity contribution in [3.05, 3.63) is 35.9 Å². The van der Waals surface area contributed by atoms with E-state index >= 15 is 0 Å². The topological polar surface area (TPSA) is 30.5 Å². The van der Waals surface area contributed by atoms with Gasteiger partial charge in [-0.2, -0.15) is 0 Å². The molecule has 0 aliphatic heterocycles. The highest BCUT2D eigenvalue weighted by Gasteiger charge is 2.06. The number of rotatable bonds is 7. The van der Waals surface area contributed by atoms with Crippen LogP contribution in [0.5, 0.6) is 11.5 Å². The van der Waals surface area contributed by atoms with Crippen LogP contribution in [-0.2, 0) is 6.54 Å². The average molecular weight is 249 g/mol. The van der Waals surface area contributed by atoms with Crippen molar-refractivity contribution in [3.63, 3.8) is 0 Å². The molecule has 0 saturated heterocycles. The van der Waals surface area contributed by atoms with Gasteiger partial charge in [0, 0.05) is 24.2 Å². The fourth-order valence-corrected chi connectivity index (χ4v) is 1.49. The van der Waals surface area contributed by atoms with Crippen LogP contribution in [0, 0.1) is 0 Å². The third-order valence-corrected chi connectivity index (χ3v) is 2.55. The first-order valence-corrected chi connectivity index (χ1v) is 6.31. The smallest absolute Gasteiger partial charge is 0.127 e. The largest absolute Gasteiger partial charge is 0.497 e. The lowest BCUT2D eigenvalue weighted by atomic mass is 10.2. The van der Waals surface area contributed by atoms with Gasteiger partial charge in [0.15, 0.2) is 0 Å². The second kappa shape index (κ2) is 7.77. The zero-order valence-electron chi connectivity index (χ0n) is 11.7. The van der Waals surface area contributed by atoms with Gasteiger partial charge in [0.1, 0.15) is 18.1 Å². The van der Waals surface area contributed by atoms with Gasteiger partial charge in [-0.1, -0.05) is 32.1 Å². The van der Waals surface area contributed by atoms with E-state index in [0.29, 0.717) is 12.6 Å². The van der Waals surface area contributed by atoms with Crippen LogP contribution in [0.2, 0.25) is 0 Å². The van der Waals surface area contributed by atoms with Crippen molar-refractivity contribution < 1.29 is 9.47 Å². The summed E-state index contributed by atoms with van der Waals surface area (Å²) in [6.07, 6.45) is 3.96. The molecule has 1 aromatic rings. The number of hydrogen-bond acceptors (Lipinski definition) is 3. The molecule has 1 aromatic carbocycles. The Balaban J connectivity index is 2.78. The van der Waals surface area contributed by atoms with E-state index in [1.807, 2.05) is 37.3 Å². The summed E-state index contributed by atoms with van der Waals surface area (Å²) in [6, 6.07) is 6.38. The normalized spacial score (nSPS) is 11.2. The van der Waals surface area contributed by atoms with Crippen LogP contribution in [0.4, 0.5) is 0 Å². The van der Waals surface area contributed by atoms with Gasteiger partial charge in [0.25, 0.3) is 0 Å². The SMILES string of the molecule is CC=CCOc1cc(OC)ccc1CNC(C)C. The molecule has 0 amide bonds. The summed E-state index contributed by atoms with van der Waals surface area (Å²) in [5.41, 5.74) is 1.15. The Morgan fingerprint density at radius 1 is 1.33 bits per heavy atom. The zero-order valence-corrected chi connectivity index (χ0v) is 11.7. The van der Waals surface area contributed by atoms with Crippen molar-refractivity contribution >= 4 is 0 Å². The molecule has 100 valence electrons. The second-order valence-electron chi connectivity index (χ2n) is 4.39. The highest BCUT2D eigenvalue weighted by Crippen LogP contribution is 2.25. The van der Waals surface area contributed by atoms with E-state index in [1.54, 1.807) is 7.11 Å². The van der Waals surface area contributed by atoms with Crippen molar-refractivity contribution in [1.82, 2.24) is 5.32 Å². The number of ether oxygens (including phenoxy) is 2. The van der Waals surface area contributed by atoms with Crippen molar-refractivity contribution in [1.29, 1.82) is 0 Å². The number of benzene rings is 1. The van der Waals surface area contributed by atoms with Gasteiger partial charge in [-0.25, -0.2) is 0 Å². The molecule has 0 atom stereocenters. The van der Waals surface area contributed by atoms with Crippen LogP contribution < -0.4 is 14.8 Å². The molecule has 0 aliphatic rings. The molecule has 0 radical (unpaired) electrons. The third-order valence-electron chi connectivity index (χ3n) is 2.55. The molecule has 18 heavy (non-hydrogen) atoms. The predicted molar refractivity (Wildman–Crippen MR) is 75.3 cm³/mol. The first-order valence-electron chi connectivity index (χ1n) is 6.31. The summed E-state index contributed by atoms with van der Waals surface area (Å²) < 4.78 is 11.0. The molecule has 3 nitrogen and oxygen atoms in total. The van der Waals surface area contributed by atoms with Crippen molar-refractivity contribution in [2.75, 3.05) is 13.7 Å². The minimum absolute atomic E-state index is 0.454. The molecule has 0 fully saturated rings. The van der Waals surface area contributed by atoms with Crippen LogP contribution in [-0.4, -0.2) is 19.8 Å². The maximum absolute atomic E-state index is 5.75. The summed E-state index contributed by atoms with van der Waals surface area (Å²) in [4.78, 5) is 0. The minimum atomic E-state index is 0.454. The van der Waals surface area contributed by atoms with E-state index in [1.165, 1.54) is 0 Å². The first-order chi connectivity index (χ1) is 8.67. The Hall–Kier alpha value is -1.48. The third kappa shape index (κ3) is 4.80. The second-order valence-corrected chi connectivity index (χ2v) is 4.39. The predicted octanol–water partition coefficient (Wildman–Crippen LogP) is 3.15. The quantitative estimate of drug-likeness (QED) is 0.753. The van der Waals surface area contributed by atoms with Crippen LogP contribution in [0.25, 0.3) is 0 Å². The molecule has 0 heterocycles. The fourth-order valence-electron chi connectivity index (χ4n) is 1.49. The van der Waals surface area contributed by atoms with E-state index in [-0.39, 0.29) is 0 Å². The lowest BCUT2D eigenvalue weighted by Gasteiger charge is -2.14.